The molecule has 0 radical (unpaired) electrons. The molecule has 2 aromatic heterocycles. The summed E-state index contributed by atoms with van der Waals surface area (Å²) in [4.78, 5) is 31.4. The van der Waals surface area contributed by atoms with Crippen molar-refractivity contribution in [3.63, 3.8) is 0 Å². The molecule has 1 fully saturated rings. The number of pyridine rings is 1. The molecule has 1 N–H and O–H groups in total. The van der Waals surface area contributed by atoms with E-state index in [1.54, 1.807) is 12.5 Å². The van der Waals surface area contributed by atoms with Crippen molar-refractivity contribution >= 4 is 34.8 Å². The molecule has 2 amide bonds. The quantitative estimate of drug-likeness (QED) is 0.358. The molecule has 2 aromatic carbocycles. The Labute approximate surface area is 211 Å². The second-order valence-corrected chi connectivity index (χ2v) is 9.76. The molecule has 0 spiro atoms. The van der Waals surface area contributed by atoms with Gasteiger partial charge in [0.2, 0.25) is 5.91 Å². The molecule has 0 atom stereocenters. The molecule has 0 bridgehead atoms. The third kappa shape index (κ3) is 5.41. The van der Waals surface area contributed by atoms with Gasteiger partial charge in [0.25, 0.3) is 5.91 Å². The monoisotopic (exact) mass is 506 g/mol. The minimum absolute atomic E-state index is 0.0184. The maximum absolute atomic E-state index is 13.7. The van der Waals surface area contributed by atoms with Crippen LogP contribution in [0.2, 0.25) is 0 Å². The number of anilines is 1. The normalized spacial score (nSPS) is 14.2. The number of carbonyl (C=O) groups excluding carboxylic acids is 2. The lowest BCUT2D eigenvalue weighted by Crippen LogP contribution is -2.38. The molecule has 0 unspecified atom stereocenters. The number of carbonyl (C=O) groups is 2. The Morgan fingerprint density at radius 3 is 2.56 bits per heavy atom. The molecule has 36 heavy (non-hydrogen) atoms. The number of nitrogens with one attached hydrogen (secondary N) is 1. The number of likely N-dealkylation sites (tertiary alicyclic amines) is 1. The smallest absolute Gasteiger partial charge is 0.255 e. The summed E-state index contributed by atoms with van der Waals surface area (Å²) in [6, 6.07) is 14.7. The Hall–Kier alpha value is -3.72. The van der Waals surface area contributed by atoms with Gasteiger partial charge in [-0.2, -0.15) is 0 Å². The van der Waals surface area contributed by atoms with Crippen LogP contribution in [0.1, 0.15) is 34.7 Å². The minimum atomic E-state index is -0.677. The molecule has 1 saturated heterocycles. The summed E-state index contributed by atoms with van der Waals surface area (Å²) in [5.74, 6) is -1.20. The zero-order chi connectivity index (χ0) is 25.1. The zero-order valence-corrected chi connectivity index (χ0v) is 20.2. The van der Waals surface area contributed by atoms with Crippen LogP contribution in [-0.4, -0.2) is 44.9 Å². The van der Waals surface area contributed by atoms with Gasteiger partial charge < -0.3 is 14.6 Å². The highest BCUT2D eigenvalue weighted by Crippen LogP contribution is 2.30. The first-order chi connectivity index (χ1) is 17.5. The van der Waals surface area contributed by atoms with Crippen molar-refractivity contribution in [2.45, 2.75) is 23.7 Å². The summed E-state index contributed by atoms with van der Waals surface area (Å²) in [5, 5.41) is 2.81. The largest absolute Gasteiger partial charge is 0.339 e. The first kappa shape index (κ1) is 24.0. The fourth-order valence-corrected chi connectivity index (χ4v) is 5.14. The minimum Gasteiger partial charge on any atom is -0.339 e. The van der Waals surface area contributed by atoms with Crippen LogP contribution in [0, 0.1) is 11.6 Å². The summed E-state index contributed by atoms with van der Waals surface area (Å²) in [7, 11) is 0. The third-order valence-electron chi connectivity index (χ3n) is 6.36. The molecule has 4 aromatic rings. The van der Waals surface area contributed by atoms with Crippen LogP contribution in [0.15, 0.2) is 78.2 Å². The molecule has 0 aliphatic carbocycles. The standard InChI is InChI=1S/C27H24F2N4O2S/c28-21-4-8-25(24(29)13-21)36-16-26(34)31-22-5-1-18(2-6-22)19-9-11-32(12-10-19)27(35)20-3-7-23-14-30-17-33(23)15-20/h1-8,13-15,17,19H,9-12,16H2,(H,31,34). The van der Waals surface area contributed by atoms with Crippen molar-refractivity contribution in [3.05, 3.63) is 96.1 Å². The van der Waals surface area contributed by atoms with E-state index in [-0.39, 0.29) is 22.5 Å². The van der Waals surface area contributed by atoms with Crippen LogP contribution in [0.4, 0.5) is 14.5 Å². The fourth-order valence-electron chi connectivity index (χ4n) is 4.42. The zero-order valence-electron chi connectivity index (χ0n) is 19.4. The predicted octanol–water partition coefficient (Wildman–Crippen LogP) is 5.36. The van der Waals surface area contributed by atoms with Crippen LogP contribution in [0.5, 0.6) is 0 Å². The highest BCUT2D eigenvalue weighted by molar-refractivity contribution is 8.00. The predicted molar refractivity (Wildman–Crippen MR) is 135 cm³/mol. The SMILES string of the molecule is O=C(CSc1ccc(F)cc1F)Nc1ccc(C2CCN(C(=O)c3ccc4cncn4c3)CC2)cc1. The lowest BCUT2D eigenvalue weighted by molar-refractivity contribution is -0.113. The first-order valence-corrected chi connectivity index (χ1v) is 12.6. The number of rotatable bonds is 6. The molecule has 0 saturated carbocycles. The van der Waals surface area contributed by atoms with E-state index in [1.807, 2.05) is 51.9 Å². The third-order valence-corrected chi connectivity index (χ3v) is 7.40. The van der Waals surface area contributed by atoms with E-state index >= 15 is 0 Å². The van der Waals surface area contributed by atoms with Gasteiger partial charge in [0.1, 0.15) is 11.6 Å². The van der Waals surface area contributed by atoms with Gasteiger partial charge in [-0.1, -0.05) is 12.1 Å². The molecular weight excluding hydrogens is 482 g/mol. The van der Waals surface area contributed by atoms with Gasteiger partial charge in [-0.15, -0.1) is 11.8 Å². The second-order valence-electron chi connectivity index (χ2n) is 8.74. The molecule has 6 nitrogen and oxygen atoms in total. The summed E-state index contributed by atoms with van der Waals surface area (Å²) < 4.78 is 28.6. The highest BCUT2D eigenvalue weighted by Gasteiger charge is 2.25. The second kappa shape index (κ2) is 10.5. The average molecular weight is 507 g/mol. The molecule has 5 rings (SSSR count). The Balaban J connectivity index is 1.12. The average Bonchev–Trinajstić information content (AvgIpc) is 3.36. The Bertz CT molecular complexity index is 1400. The summed E-state index contributed by atoms with van der Waals surface area (Å²) in [6.45, 7) is 1.36. The number of hydrogen-bond acceptors (Lipinski definition) is 4. The van der Waals surface area contributed by atoms with Crippen molar-refractivity contribution in [2.75, 3.05) is 24.2 Å². The van der Waals surface area contributed by atoms with Gasteiger partial charge in [0.15, 0.2) is 0 Å². The Morgan fingerprint density at radius 2 is 1.81 bits per heavy atom. The van der Waals surface area contributed by atoms with Crippen LogP contribution in [0.25, 0.3) is 5.52 Å². The molecule has 3 heterocycles. The van der Waals surface area contributed by atoms with Crippen LogP contribution < -0.4 is 5.32 Å². The maximum Gasteiger partial charge on any atom is 0.255 e. The van der Waals surface area contributed by atoms with Crippen LogP contribution >= 0.6 is 11.8 Å². The highest BCUT2D eigenvalue weighted by atomic mass is 32.2. The number of hydrogen-bond donors (Lipinski definition) is 1. The topological polar surface area (TPSA) is 66.7 Å². The Kier molecular flexibility index (Phi) is 6.99. The van der Waals surface area contributed by atoms with Gasteiger partial charge in [0.05, 0.1) is 29.4 Å². The number of benzene rings is 2. The van der Waals surface area contributed by atoms with E-state index in [9.17, 15) is 18.4 Å². The summed E-state index contributed by atoms with van der Waals surface area (Å²) in [6.07, 6.45) is 6.99. The molecule has 1 aliphatic heterocycles. The van der Waals surface area contributed by atoms with Crippen molar-refractivity contribution in [3.8, 4) is 0 Å². The maximum atomic E-state index is 13.7. The molecule has 9 heteroatoms. The number of halogens is 2. The number of thioether (sulfide) groups is 1. The lowest BCUT2D eigenvalue weighted by Gasteiger charge is -2.32. The van der Waals surface area contributed by atoms with Gasteiger partial charge in [-0.05, 0) is 60.7 Å². The van der Waals surface area contributed by atoms with Crippen LogP contribution in [0.3, 0.4) is 0 Å². The lowest BCUT2D eigenvalue weighted by atomic mass is 9.89. The van der Waals surface area contributed by atoms with Gasteiger partial charge in [0, 0.05) is 35.9 Å². The van der Waals surface area contributed by atoms with Gasteiger partial charge in [-0.25, -0.2) is 13.8 Å². The summed E-state index contributed by atoms with van der Waals surface area (Å²) >= 11 is 1.02. The van der Waals surface area contributed by atoms with Gasteiger partial charge >= 0.3 is 0 Å². The van der Waals surface area contributed by atoms with Crippen molar-refractivity contribution in [2.24, 2.45) is 0 Å². The molecule has 184 valence electrons. The van der Waals surface area contributed by atoms with Crippen molar-refractivity contribution in [1.82, 2.24) is 14.3 Å². The number of fused-ring (bicyclic) bond motifs is 1. The number of piperidine rings is 1. The number of aromatic nitrogens is 2. The van der Waals surface area contributed by atoms with E-state index in [0.717, 1.165) is 36.2 Å². The Morgan fingerprint density at radius 1 is 1.03 bits per heavy atom. The van der Waals surface area contributed by atoms with Crippen LogP contribution in [-0.2, 0) is 4.79 Å². The van der Waals surface area contributed by atoms with E-state index in [0.29, 0.717) is 30.3 Å². The van der Waals surface area contributed by atoms with E-state index in [4.69, 9.17) is 0 Å². The number of amides is 2. The van der Waals surface area contributed by atoms with Crippen molar-refractivity contribution < 1.29 is 18.4 Å². The number of imidazole rings is 1. The van der Waals surface area contributed by atoms with E-state index < -0.39 is 11.6 Å². The molecular formula is C27H24F2N4O2S. The van der Waals surface area contributed by atoms with E-state index in [2.05, 4.69) is 10.3 Å². The van der Waals surface area contributed by atoms with Gasteiger partial charge in [-0.3, -0.25) is 9.59 Å². The summed E-state index contributed by atoms with van der Waals surface area (Å²) in [5.41, 5.74) is 3.43. The molecule has 1 aliphatic rings. The van der Waals surface area contributed by atoms with E-state index in [1.165, 1.54) is 17.7 Å². The van der Waals surface area contributed by atoms with Crippen molar-refractivity contribution in [1.29, 1.82) is 0 Å². The fraction of sp³-hybridized carbons (Fsp3) is 0.222. The number of nitrogens with zero attached hydrogens (tertiary/aromatic N) is 3. The first-order valence-electron chi connectivity index (χ1n) is 11.6.